The number of hydrogen-bond donors (Lipinski definition) is 4. The van der Waals surface area contributed by atoms with Crippen LogP contribution in [0.1, 0.15) is 32.0 Å². The topological polar surface area (TPSA) is 121 Å². The predicted octanol–water partition coefficient (Wildman–Crippen LogP) is 6.84. The van der Waals surface area contributed by atoms with Gasteiger partial charge >= 0.3 is 0 Å². The van der Waals surface area contributed by atoms with Gasteiger partial charge in [-0.1, -0.05) is 39.7 Å². The average Bonchev–Trinajstić information content (AvgIpc) is 3.61. The molecule has 0 saturated carbocycles. The monoisotopic (exact) mass is 550 g/mol. The second kappa shape index (κ2) is 14.3. The van der Waals surface area contributed by atoms with E-state index in [9.17, 15) is 4.39 Å². The maximum absolute atomic E-state index is 14.3. The normalized spacial score (nSPS) is 11.3. The number of aromatic amines is 2. The summed E-state index contributed by atoms with van der Waals surface area (Å²) in [6, 6.07) is 8.68. The summed E-state index contributed by atoms with van der Waals surface area (Å²) < 4.78 is 14.3. The first kappa shape index (κ1) is 30.4. The molecule has 1 aromatic carbocycles. The van der Waals surface area contributed by atoms with Crippen molar-refractivity contribution in [1.82, 2.24) is 35.5 Å². The van der Waals surface area contributed by atoms with Crippen molar-refractivity contribution in [2.45, 2.75) is 27.3 Å². The summed E-state index contributed by atoms with van der Waals surface area (Å²) in [6.07, 6.45) is 8.76. The van der Waals surface area contributed by atoms with Crippen molar-refractivity contribution in [2.24, 2.45) is 5.73 Å². The molecule has 0 aliphatic heterocycles. The highest BCUT2D eigenvalue weighted by Crippen LogP contribution is 2.31. The van der Waals surface area contributed by atoms with Crippen LogP contribution in [0.5, 0.6) is 0 Å². The van der Waals surface area contributed by atoms with Gasteiger partial charge in [-0.3, -0.25) is 15.1 Å². The molecule has 8 nitrogen and oxygen atoms in total. The van der Waals surface area contributed by atoms with E-state index in [4.69, 9.17) is 10.7 Å². The lowest BCUT2D eigenvalue weighted by atomic mass is 10.1. The van der Waals surface area contributed by atoms with Gasteiger partial charge in [-0.15, -0.1) is 5.73 Å². The Morgan fingerprint density at radius 2 is 1.88 bits per heavy atom. The molecule has 5 aromatic rings. The Morgan fingerprint density at radius 3 is 2.56 bits per heavy atom. The number of H-pyrrole nitrogens is 2. The molecule has 0 bridgehead atoms. The minimum Gasteiger partial charge on any atom is -0.399 e. The molecular formula is C32H35FN8. The number of imidazole rings is 1. The number of hydrogen-bond acceptors (Lipinski definition) is 6. The van der Waals surface area contributed by atoms with Gasteiger partial charge in [-0.05, 0) is 67.6 Å². The van der Waals surface area contributed by atoms with Crippen molar-refractivity contribution in [3.8, 4) is 22.8 Å². The molecular weight excluding hydrogens is 515 g/mol. The van der Waals surface area contributed by atoms with Crippen LogP contribution in [-0.4, -0.2) is 37.2 Å². The van der Waals surface area contributed by atoms with Gasteiger partial charge in [0.25, 0.3) is 0 Å². The first-order valence-corrected chi connectivity index (χ1v) is 13.1. The molecule has 0 saturated heterocycles. The van der Waals surface area contributed by atoms with Crippen LogP contribution < -0.4 is 11.1 Å². The smallest absolute Gasteiger partial charge is 0.159 e. The summed E-state index contributed by atoms with van der Waals surface area (Å²) in [5.74, 6) is 0.245. The third-order valence-electron chi connectivity index (χ3n) is 5.85. The number of halogens is 1. The molecule has 4 heterocycles. The summed E-state index contributed by atoms with van der Waals surface area (Å²) in [4.78, 5) is 17.2. The Labute approximate surface area is 239 Å². The second-order valence-electron chi connectivity index (χ2n) is 8.55. The molecule has 4 aromatic heterocycles. The Bertz CT molecular complexity index is 1750. The first-order valence-electron chi connectivity index (χ1n) is 13.1. The van der Waals surface area contributed by atoms with E-state index in [1.54, 1.807) is 18.5 Å². The SMILES string of the molecule is C=C/C(N)=C\C(=C/C)c1cc2c(-c3nc4c(-c5cc(F)cc(CNC)c5)nccc4[nH]3)n[nH]c2cn1.C=C=C.CC. The highest BCUT2D eigenvalue weighted by Gasteiger charge is 2.17. The molecule has 0 atom stereocenters. The number of rotatable bonds is 7. The fourth-order valence-electron chi connectivity index (χ4n) is 4.15. The number of nitrogens with two attached hydrogens (primary N) is 1. The lowest BCUT2D eigenvalue weighted by Crippen LogP contribution is -2.05. The Kier molecular flexibility index (Phi) is 10.6. The standard InChI is InChI=1S/C27H25FN8.C3H4.C2H6/c1-4-16(11-19(29)5-2)22-12-20-23(14-32-22)35-36-25(20)27-33-21-6-7-31-24(26(21)34-27)17-8-15(13-30-3)9-18(28)10-17;1-3-2;1-2/h4-12,14,30H,2,13,29H2,1,3H3,(H,33,34)(H,35,36);1-2H2;1-2H3/b16-4+,19-11+;;. The van der Waals surface area contributed by atoms with Crippen LogP contribution in [0.15, 0.2) is 92.1 Å². The molecule has 5 N–H and O–H groups in total. The van der Waals surface area contributed by atoms with Crippen LogP contribution in [0.25, 0.3) is 50.3 Å². The van der Waals surface area contributed by atoms with Crippen molar-refractivity contribution >= 4 is 27.5 Å². The van der Waals surface area contributed by atoms with Crippen molar-refractivity contribution < 1.29 is 4.39 Å². The zero-order chi connectivity index (χ0) is 29.9. The maximum Gasteiger partial charge on any atom is 0.159 e. The van der Waals surface area contributed by atoms with E-state index >= 15 is 0 Å². The van der Waals surface area contributed by atoms with E-state index in [1.165, 1.54) is 12.1 Å². The summed E-state index contributed by atoms with van der Waals surface area (Å²) in [6.45, 7) is 16.4. The molecule has 0 fully saturated rings. The van der Waals surface area contributed by atoms with Gasteiger partial charge in [0.15, 0.2) is 5.82 Å². The molecule has 0 unspecified atom stereocenters. The fourth-order valence-corrected chi connectivity index (χ4v) is 4.15. The highest BCUT2D eigenvalue weighted by atomic mass is 19.1. The minimum atomic E-state index is -0.323. The van der Waals surface area contributed by atoms with Crippen molar-refractivity contribution in [1.29, 1.82) is 0 Å². The number of pyridine rings is 2. The number of fused-ring (bicyclic) bond motifs is 2. The molecule has 0 radical (unpaired) electrons. The zero-order valence-corrected chi connectivity index (χ0v) is 23.8. The molecule has 210 valence electrons. The quantitative estimate of drug-likeness (QED) is 0.130. The van der Waals surface area contributed by atoms with E-state index in [0.717, 1.165) is 33.3 Å². The minimum absolute atomic E-state index is 0.323. The maximum atomic E-state index is 14.3. The lowest BCUT2D eigenvalue weighted by molar-refractivity contribution is 0.624. The number of nitrogens with zero attached hydrogens (tertiary/aromatic N) is 4. The molecule has 9 heteroatoms. The van der Waals surface area contributed by atoms with Gasteiger partial charge in [-0.2, -0.15) is 5.10 Å². The van der Waals surface area contributed by atoms with Gasteiger partial charge in [0.2, 0.25) is 0 Å². The van der Waals surface area contributed by atoms with Crippen molar-refractivity contribution in [2.75, 3.05) is 7.05 Å². The van der Waals surface area contributed by atoms with Gasteiger partial charge in [0.1, 0.15) is 17.0 Å². The molecule has 41 heavy (non-hydrogen) atoms. The van der Waals surface area contributed by atoms with Crippen LogP contribution in [0.4, 0.5) is 4.39 Å². The molecule has 0 amide bonds. The molecule has 0 aliphatic carbocycles. The van der Waals surface area contributed by atoms with E-state index < -0.39 is 0 Å². The number of benzene rings is 1. The Hall–Kier alpha value is -5.11. The number of allylic oxidation sites excluding steroid dienone is 4. The summed E-state index contributed by atoms with van der Waals surface area (Å²) in [7, 11) is 1.82. The second-order valence-corrected chi connectivity index (χ2v) is 8.55. The zero-order valence-electron chi connectivity index (χ0n) is 23.8. The Balaban J connectivity index is 0.000000868. The highest BCUT2D eigenvalue weighted by molar-refractivity contribution is 5.96. The van der Waals surface area contributed by atoms with Crippen molar-refractivity contribution in [3.63, 3.8) is 0 Å². The number of aromatic nitrogens is 6. The molecule has 0 aliphatic rings. The molecule has 5 rings (SSSR count). The summed E-state index contributed by atoms with van der Waals surface area (Å²) in [5.41, 5.74) is 15.2. The van der Waals surface area contributed by atoms with Crippen LogP contribution in [-0.2, 0) is 6.54 Å². The van der Waals surface area contributed by atoms with Gasteiger partial charge < -0.3 is 16.0 Å². The van der Waals surface area contributed by atoms with Crippen LogP contribution >= 0.6 is 0 Å². The first-order chi connectivity index (χ1) is 19.9. The van der Waals surface area contributed by atoms with Crippen molar-refractivity contribution in [3.05, 3.63) is 109 Å². The van der Waals surface area contributed by atoms with Crippen LogP contribution in [0, 0.1) is 5.82 Å². The van der Waals surface area contributed by atoms with E-state index in [2.05, 4.69) is 55.9 Å². The van der Waals surface area contributed by atoms with Gasteiger partial charge in [0.05, 0.1) is 28.6 Å². The number of nitrogens with one attached hydrogen (secondary N) is 3. The average molecular weight is 551 g/mol. The van der Waals surface area contributed by atoms with Gasteiger partial charge in [0, 0.05) is 29.4 Å². The fraction of sp³-hybridized carbons (Fsp3) is 0.156. The van der Waals surface area contributed by atoms with Crippen LogP contribution in [0.2, 0.25) is 0 Å². The largest absolute Gasteiger partial charge is 0.399 e. The van der Waals surface area contributed by atoms with E-state index in [-0.39, 0.29) is 5.82 Å². The predicted molar refractivity (Wildman–Crippen MR) is 167 cm³/mol. The summed E-state index contributed by atoms with van der Waals surface area (Å²) in [5, 5.41) is 11.4. The third-order valence-corrected chi connectivity index (χ3v) is 5.85. The van der Waals surface area contributed by atoms with E-state index in [1.807, 2.05) is 58.2 Å². The Morgan fingerprint density at radius 1 is 1.12 bits per heavy atom. The van der Waals surface area contributed by atoms with E-state index in [0.29, 0.717) is 40.5 Å². The van der Waals surface area contributed by atoms with Gasteiger partial charge in [-0.25, -0.2) is 9.37 Å². The molecule has 0 spiro atoms. The third kappa shape index (κ3) is 6.91. The summed E-state index contributed by atoms with van der Waals surface area (Å²) >= 11 is 0. The van der Waals surface area contributed by atoms with Crippen LogP contribution in [0.3, 0.4) is 0 Å². The lowest BCUT2D eigenvalue weighted by Gasteiger charge is -2.06.